The van der Waals surface area contributed by atoms with Gasteiger partial charge in [-0.1, -0.05) is 364 Å². The van der Waals surface area contributed by atoms with Crippen molar-refractivity contribution in [2.24, 2.45) is 0 Å². The summed E-state index contributed by atoms with van der Waals surface area (Å²) in [5, 5.41) is 23.3. The summed E-state index contributed by atoms with van der Waals surface area (Å²) in [7, 11) is 0. The van der Waals surface area contributed by atoms with Crippen molar-refractivity contribution in [3.63, 3.8) is 0 Å². The van der Waals surface area contributed by atoms with E-state index in [0.29, 0.717) is 19.4 Å². The van der Waals surface area contributed by atoms with E-state index in [9.17, 15) is 19.8 Å². The van der Waals surface area contributed by atoms with Crippen LogP contribution in [0, 0.1) is 0 Å². The number of unbranched alkanes of at least 4 members (excludes halogenated alkanes) is 53. The molecule has 0 aromatic heterocycles. The summed E-state index contributed by atoms with van der Waals surface area (Å²) in [6, 6.07) is -0.632. The van der Waals surface area contributed by atoms with Gasteiger partial charge in [-0.15, -0.1) is 0 Å². The number of ether oxygens (including phenoxy) is 1. The predicted molar refractivity (Wildman–Crippen MR) is 379 cm³/mol. The summed E-state index contributed by atoms with van der Waals surface area (Å²) in [6.07, 6.45) is 100. The van der Waals surface area contributed by atoms with Crippen LogP contribution in [0.3, 0.4) is 0 Å². The maximum atomic E-state index is 12.6. The molecule has 0 aromatic rings. The first-order valence-corrected chi connectivity index (χ1v) is 38.6. The van der Waals surface area contributed by atoms with E-state index < -0.39 is 12.1 Å². The molecule has 6 heteroatoms. The summed E-state index contributed by atoms with van der Waals surface area (Å²) in [4.78, 5) is 24.6. The van der Waals surface area contributed by atoms with Crippen LogP contribution in [0.4, 0.5) is 0 Å². The Labute approximate surface area is 537 Å². The number of allylic oxidation sites excluding steroid dienone is 9. The number of amides is 1. The van der Waals surface area contributed by atoms with Gasteiger partial charge in [0.15, 0.2) is 0 Å². The number of rotatable bonds is 72. The lowest BCUT2D eigenvalue weighted by atomic mass is 10.0. The van der Waals surface area contributed by atoms with Crippen LogP contribution in [0.25, 0.3) is 0 Å². The van der Waals surface area contributed by atoms with Crippen molar-refractivity contribution in [2.45, 2.75) is 424 Å². The van der Waals surface area contributed by atoms with E-state index in [-0.39, 0.29) is 18.5 Å². The molecule has 0 fully saturated rings. The van der Waals surface area contributed by atoms with Crippen LogP contribution in [0.1, 0.15) is 412 Å². The molecule has 6 nitrogen and oxygen atoms in total. The van der Waals surface area contributed by atoms with Crippen molar-refractivity contribution in [3.8, 4) is 0 Å². The molecule has 504 valence electrons. The zero-order valence-corrected chi connectivity index (χ0v) is 57.8. The minimum atomic E-state index is -0.848. The minimum Gasteiger partial charge on any atom is -0.466 e. The first-order valence-electron chi connectivity index (χ1n) is 38.6. The lowest BCUT2D eigenvalue weighted by Gasteiger charge is -2.20. The van der Waals surface area contributed by atoms with E-state index in [1.807, 2.05) is 6.08 Å². The second-order valence-electron chi connectivity index (χ2n) is 26.3. The van der Waals surface area contributed by atoms with Gasteiger partial charge < -0.3 is 20.3 Å². The molecule has 86 heavy (non-hydrogen) atoms. The number of carbonyl (C=O) groups excluding carboxylic acids is 2. The van der Waals surface area contributed by atoms with Crippen LogP contribution >= 0.6 is 0 Å². The van der Waals surface area contributed by atoms with Gasteiger partial charge in [-0.3, -0.25) is 9.59 Å². The molecule has 0 aromatic carbocycles. The second kappa shape index (κ2) is 75.0. The van der Waals surface area contributed by atoms with Gasteiger partial charge in [-0.2, -0.15) is 0 Å². The smallest absolute Gasteiger partial charge is 0.305 e. The third kappa shape index (κ3) is 70.6. The van der Waals surface area contributed by atoms with Crippen molar-refractivity contribution in [2.75, 3.05) is 13.2 Å². The zero-order chi connectivity index (χ0) is 62.0. The van der Waals surface area contributed by atoms with Gasteiger partial charge in [-0.05, 0) is 96.3 Å². The Kier molecular flexibility index (Phi) is 72.9. The molecule has 0 spiro atoms. The molecule has 0 saturated heterocycles. The highest BCUT2D eigenvalue weighted by Crippen LogP contribution is 2.19. The fourth-order valence-electron chi connectivity index (χ4n) is 11.9. The fraction of sp³-hybridized carbons (Fsp3) is 0.850. The van der Waals surface area contributed by atoms with Gasteiger partial charge in [0, 0.05) is 12.8 Å². The minimum absolute atomic E-state index is 0.00221. The van der Waals surface area contributed by atoms with E-state index in [4.69, 9.17) is 4.74 Å². The van der Waals surface area contributed by atoms with Crippen molar-refractivity contribution in [3.05, 3.63) is 60.8 Å². The normalized spacial score (nSPS) is 12.8. The molecule has 0 aliphatic heterocycles. The van der Waals surface area contributed by atoms with E-state index in [2.05, 4.69) is 67.8 Å². The monoisotopic (exact) mass is 1200 g/mol. The van der Waals surface area contributed by atoms with Crippen LogP contribution in [-0.4, -0.2) is 47.4 Å². The molecular weight excluding hydrogens is 1050 g/mol. The summed E-state index contributed by atoms with van der Waals surface area (Å²) in [5.74, 6) is -0.0674. The number of hydrogen-bond donors (Lipinski definition) is 3. The average Bonchev–Trinajstić information content (AvgIpc) is 3.54. The summed E-state index contributed by atoms with van der Waals surface area (Å²) >= 11 is 0. The van der Waals surface area contributed by atoms with Crippen molar-refractivity contribution >= 4 is 11.9 Å². The third-order valence-corrected chi connectivity index (χ3v) is 17.8. The molecule has 0 bridgehead atoms. The zero-order valence-electron chi connectivity index (χ0n) is 57.8. The molecule has 3 N–H and O–H groups in total. The quantitative estimate of drug-likeness (QED) is 0.0320. The van der Waals surface area contributed by atoms with Crippen LogP contribution in [0.5, 0.6) is 0 Å². The van der Waals surface area contributed by atoms with E-state index in [1.54, 1.807) is 6.08 Å². The Morgan fingerprint density at radius 3 is 0.907 bits per heavy atom. The molecule has 2 unspecified atom stereocenters. The summed E-state index contributed by atoms with van der Waals surface area (Å²) in [6.45, 7) is 4.90. The van der Waals surface area contributed by atoms with Gasteiger partial charge in [-0.25, -0.2) is 0 Å². The van der Waals surface area contributed by atoms with Gasteiger partial charge in [0.25, 0.3) is 0 Å². The van der Waals surface area contributed by atoms with Crippen molar-refractivity contribution in [1.82, 2.24) is 5.32 Å². The Morgan fingerprint density at radius 2 is 0.581 bits per heavy atom. The lowest BCUT2D eigenvalue weighted by Crippen LogP contribution is -2.45. The van der Waals surface area contributed by atoms with Gasteiger partial charge in [0.2, 0.25) is 5.91 Å². The van der Waals surface area contributed by atoms with Crippen LogP contribution in [-0.2, 0) is 14.3 Å². The molecule has 0 aliphatic carbocycles. The predicted octanol–water partition coefficient (Wildman–Crippen LogP) is 25.4. The first kappa shape index (κ1) is 83.6. The lowest BCUT2D eigenvalue weighted by molar-refractivity contribution is -0.143. The van der Waals surface area contributed by atoms with Crippen LogP contribution in [0.2, 0.25) is 0 Å². The van der Waals surface area contributed by atoms with Crippen molar-refractivity contribution in [1.29, 1.82) is 0 Å². The van der Waals surface area contributed by atoms with E-state index in [1.165, 1.54) is 327 Å². The molecular formula is C80H149NO5. The number of esters is 1. The second-order valence-corrected chi connectivity index (χ2v) is 26.3. The Balaban J connectivity index is 3.44. The average molecular weight is 1210 g/mol. The highest BCUT2D eigenvalue weighted by atomic mass is 16.5. The first-order chi connectivity index (χ1) is 42.5. The number of hydrogen-bond acceptors (Lipinski definition) is 5. The molecule has 0 aliphatic rings. The summed E-state index contributed by atoms with van der Waals surface area (Å²) < 4.78 is 5.48. The fourth-order valence-corrected chi connectivity index (χ4v) is 11.9. The highest BCUT2D eigenvalue weighted by molar-refractivity contribution is 5.76. The molecule has 0 rings (SSSR count). The number of carbonyl (C=O) groups is 2. The summed E-state index contributed by atoms with van der Waals surface area (Å²) in [5.41, 5.74) is 0. The van der Waals surface area contributed by atoms with Gasteiger partial charge in [0.05, 0.1) is 25.4 Å². The largest absolute Gasteiger partial charge is 0.466 e. The Bertz CT molecular complexity index is 1480. The van der Waals surface area contributed by atoms with Gasteiger partial charge in [0.1, 0.15) is 0 Å². The Hall–Kier alpha value is -2.44. The van der Waals surface area contributed by atoms with E-state index >= 15 is 0 Å². The number of nitrogens with one attached hydrogen (secondary N) is 1. The topological polar surface area (TPSA) is 95.9 Å². The number of aliphatic hydroxyl groups is 2. The maximum absolute atomic E-state index is 12.6. The Morgan fingerprint density at radius 1 is 0.326 bits per heavy atom. The SMILES string of the molecule is CCCCC/C=C\C/C=C\CCCCCCCC(=O)OCCCCCCCCCCC/C=C\C/C=C\CCCCCCCCCCCCCCCC(=O)NC(CO)C(O)/C=C/CCCCCCCCCCCCCCCCCCCCCCCCC. The standard InChI is InChI=1S/C80H149NO5/c1-3-5-7-9-11-13-15-17-19-20-21-22-23-29-32-35-38-41-45-48-52-56-60-64-68-72-78(83)77(76-82)81-79(84)73-69-65-61-57-53-49-46-42-39-36-33-30-27-25-24-26-28-31-34-37-40-43-47-51-55-59-63-67-71-75-86-80(85)74-70-66-62-58-54-50-44-18-16-14-12-10-8-6-4-2/h12,14,18,24,26,31,34,44,68,72,77-78,82-83H,3-11,13,15-17,19-23,25,27-30,32-33,35-43,45-67,69-71,73-76H2,1-2H3,(H,81,84)/b14-12-,26-24-,34-31-,44-18-,72-68+. The van der Waals surface area contributed by atoms with Crippen LogP contribution in [0.15, 0.2) is 60.8 Å². The van der Waals surface area contributed by atoms with Gasteiger partial charge >= 0.3 is 5.97 Å². The highest BCUT2D eigenvalue weighted by Gasteiger charge is 2.18. The third-order valence-electron chi connectivity index (χ3n) is 17.8. The molecule has 2 atom stereocenters. The van der Waals surface area contributed by atoms with Crippen molar-refractivity contribution < 1.29 is 24.5 Å². The van der Waals surface area contributed by atoms with E-state index in [0.717, 1.165) is 57.8 Å². The molecule has 0 radical (unpaired) electrons. The molecule has 0 saturated carbocycles. The number of aliphatic hydroxyl groups excluding tert-OH is 2. The molecule has 1 amide bonds. The van der Waals surface area contributed by atoms with Crippen LogP contribution < -0.4 is 5.32 Å². The molecule has 0 heterocycles. The maximum Gasteiger partial charge on any atom is 0.305 e.